The number of amides is 1. The Labute approximate surface area is 167 Å². The van der Waals surface area contributed by atoms with Crippen molar-refractivity contribution in [3.05, 3.63) is 58.1 Å². The molecule has 1 aliphatic heterocycles. The average Bonchev–Trinajstić information content (AvgIpc) is 2.69. The monoisotopic (exact) mass is 431 g/mol. The van der Waals surface area contributed by atoms with E-state index in [1.54, 1.807) is 6.21 Å². The van der Waals surface area contributed by atoms with Crippen molar-refractivity contribution < 1.29 is 14.4 Å². The van der Waals surface area contributed by atoms with Gasteiger partial charge in [-0.15, -0.1) is 0 Å². The standard InChI is InChI=1S/C20H22BrN3O3/c1-15-12-17(4-7-19(15)21)23-20(25)14-27-22-13-16-2-5-18(6-3-16)24-8-10-26-11-9-24/h2-7,12-13H,8-11,14H2,1H3,(H,23,25)/b22-13+. The van der Waals surface area contributed by atoms with E-state index in [0.29, 0.717) is 0 Å². The lowest BCUT2D eigenvalue weighted by Crippen LogP contribution is -2.36. The van der Waals surface area contributed by atoms with Crippen LogP contribution in [0.15, 0.2) is 52.1 Å². The van der Waals surface area contributed by atoms with Gasteiger partial charge in [-0.05, 0) is 48.4 Å². The summed E-state index contributed by atoms with van der Waals surface area (Å²) in [5, 5.41) is 6.65. The molecule has 1 heterocycles. The van der Waals surface area contributed by atoms with Crippen LogP contribution in [0.5, 0.6) is 0 Å². The highest BCUT2D eigenvalue weighted by atomic mass is 79.9. The van der Waals surface area contributed by atoms with Crippen molar-refractivity contribution in [3.63, 3.8) is 0 Å². The van der Waals surface area contributed by atoms with Crippen LogP contribution >= 0.6 is 15.9 Å². The molecule has 0 aliphatic carbocycles. The SMILES string of the molecule is Cc1cc(NC(=O)CO/N=C/c2ccc(N3CCOCC3)cc2)ccc1Br. The molecule has 1 saturated heterocycles. The maximum absolute atomic E-state index is 11.9. The van der Waals surface area contributed by atoms with Crippen LogP contribution in [0.4, 0.5) is 11.4 Å². The summed E-state index contributed by atoms with van der Waals surface area (Å²) in [5.74, 6) is -0.253. The highest BCUT2D eigenvalue weighted by Crippen LogP contribution is 2.20. The van der Waals surface area contributed by atoms with Gasteiger partial charge in [0.15, 0.2) is 6.61 Å². The van der Waals surface area contributed by atoms with Gasteiger partial charge in [-0.3, -0.25) is 4.79 Å². The van der Waals surface area contributed by atoms with E-state index in [2.05, 4.69) is 43.4 Å². The van der Waals surface area contributed by atoms with Crippen molar-refractivity contribution in [2.45, 2.75) is 6.92 Å². The first-order valence-corrected chi connectivity index (χ1v) is 9.55. The fourth-order valence-corrected chi connectivity index (χ4v) is 2.95. The molecule has 1 aliphatic rings. The second kappa shape index (κ2) is 9.53. The number of hydrogen-bond acceptors (Lipinski definition) is 5. The first-order chi connectivity index (χ1) is 13.1. The summed E-state index contributed by atoms with van der Waals surface area (Å²) in [5.41, 5.74) is 3.86. The topological polar surface area (TPSA) is 63.2 Å². The van der Waals surface area contributed by atoms with Crippen LogP contribution in [0, 0.1) is 6.92 Å². The van der Waals surface area contributed by atoms with E-state index in [4.69, 9.17) is 9.57 Å². The first-order valence-electron chi connectivity index (χ1n) is 8.76. The van der Waals surface area contributed by atoms with Gasteiger partial charge in [-0.1, -0.05) is 33.2 Å². The molecule has 0 spiro atoms. The van der Waals surface area contributed by atoms with Gasteiger partial charge in [0.05, 0.1) is 19.4 Å². The second-order valence-electron chi connectivity index (χ2n) is 6.21. The predicted octanol–water partition coefficient (Wildman–Crippen LogP) is 3.58. The van der Waals surface area contributed by atoms with Gasteiger partial charge in [-0.2, -0.15) is 0 Å². The number of rotatable bonds is 6. The van der Waals surface area contributed by atoms with Crippen LogP contribution in [-0.4, -0.2) is 45.0 Å². The molecule has 27 heavy (non-hydrogen) atoms. The van der Waals surface area contributed by atoms with E-state index < -0.39 is 0 Å². The molecule has 0 saturated carbocycles. The number of anilines is 2. The third-order valence-corrected chi connectivity index (χ3v) is 5.07. The lowest BCUT2D eigenvalue weighted by atomic mass is 10.2. The molecule has 2 aromatic rings. The fourth-order valence-electron chi connectivity index (χ4n) is 2.71. The summed E-state index contributed by atoms with van der Waals surface area (Å²) in [6.07, 6.45) is 1.60. The van der Waals surface area contributed by atoms with Crippen LogP contribution < -0.4 is 10.2 Å². The van der Waals surface area contributed by atoms with E-state index in [9.17, 15) is 4.79 Å². The highest BCUT2D eigenvalue weighted by Gasteiger charge is 2.10. The number of nitrogens with zero attached hydrogens (tertiary/aromatic N) is 2. The molecule has 142 valence electrons. The quantitative estimate of drug-likeness (QED) is 0.560. The molecule has 1 N–H and O–H groups in total. The summed E-state index contributed by atoms with van der Waals surface area (Å²) in [6, 6.07) is 13.7. The van der Waals surface area contributed by atoms with Gasteiger partial charge in [0.2, 0.25) is 0 Å². The number of benzene rings is 2. The Balaban J connectivity index is 1.44. The zero-order valence-electron chi connectivity index (χ0n) is 15.2. The van der Waals surface area contributed by atoms with E-state index >= 15 is 0 Å². The Bertz CT molecular complexity index is 803. The predicted molar refractivity (Wildman–Crippen MR) is 111 cm³/mol. The van der Waals surface area contributed by atoms with Crippen LogP contribution in [0.2, 0.25) is 0 Å². The van der Waals surface area contributed by atoms with Crippen LogP contribution in [-0.2, 0) is 14.4 Å². The zero-order valence-corrected chi connectivity index (χ0v) is 16.7. The number of nitrogens with one attached hydrogen (secondary N) is 1. The minimum absolute atomic E-state index is 0.141. The Morgan fingerprint density at radius 1 is 1.26 bits per heavy atom. The first kappa shape index (κ1) is 19.4. The van der Waals surface area contributed by atoms with Crippen LogP contribution in [0.25, 0.3) is 0 Å². The third-order valence-electron chi connectivity index (χ3n) is 4.18. The van der Waals surface area contributed by atoms with Gasteiger partial charge in [0, 0.05) is 28.9 Å². The summed E-state index contributed by atoms with van der Waals surface area (Å²) in [6.45, 7) is 5.16. The second-order valence-corrected chi connectivity index (χ2v) is 7.07. The summed E-state index contributed by atoms with van der Waals surface area (Å²) < 4.78 is 6.36. The number of carbonyl (C=O) groups is 1. The molecule has 0 radical (unpaired) electrons. The summed E-state index contributed by atoms with van der Waals surface area (Å²) in [4.78, 5) is 19.3. The average molecular weight is 432 g/mol. The minimum Gasteiger partial charge on any atom is -0.386 e. The number of hydrogen-bond donors (Lipinski definition) is 1. The smallest absolute Gasteiger partial charge is 0.265 e. The maximum atomic E-state index is 11.9. The van der Waals surface area contributed by atoms with Gasteiger partial charge in [-0.25, -0.2) is 0 Å². The van der Waals surface area contributed by atoms with Crippen LogP contribution in [0.3, 0.4) is 0 Å². The molecule has 0 atom stereocenters. The lowest BCUT2D eigenvalue weighted by molar-refractivity contribution is -0.120. The molecule has 1 fully saturated rings. The molecule has 0 aromatic heterocycles. The van der Waals surface area contributed by atoms with Gasteiger partial charge >= 0.3 is 0 Å². The normalized spacial score (nSPS) is 14.4. The molecule has 7 heteroatoms. The van der Waals surface area contributed by atoms with Crippen molar-refractivity contribution in [3.8, 4) is 0 Å². The fraction of sp³-hybridized carbons (Fsp3) is 0.300. The molecule has 6 nitrogen and oxygen atoms in total. The zero-order chi connectivity index (χ0) is 19.1. The molecule has 0 bridgehead atoms. The Morgan fingerprint density at radius 2 is 2.00 bits per heavy atom. The number of oxime groups is 1. The maximum Gasteiger partial charge on any atom is 0.265 e. The number of carbonyl (C=O) groups excluding carboxylic acids is 1. The minimum atomic E-state index is -0.253. The molecule has 2 aromatic carbocycles. The van der Waals surface area contributed by atoms with Crippen molar-refractivity contribution in [2.75, 3.05) is 43.1 Å². The van der Waals surface area contributed by atoms with Gasteiger partial charge < -0.3 is 19.8 Å². The van der Waals surface area contributed by atoms with Crippen LogP contribution in [0.1, 0.15) is 11.1 Å². The molecular formula is C20H22BrN3O3. The summed E-state index contributed by atoms with van der Waals surface area (Å²) >= 11 is 3.43. The van der Waals surface area contributed by atoms with E-state index in [1.807, 2.05) is 37.3 Å². The van der Waals surface area contributed by atoms with Gasteiger partial charge in [0.1, 0.15) is 0 Å². The van der Waals surface area contributed by atoms with E-state index in [-0.39, 0.29) is 12.5 Å². The highest BCUT2D eigenvalue weighted by molar-refractivity contribution is 9.10. The molecule has 0 unspecified atom stereocenters. The molecule has 1 amide bonds. The van der Waals surface area contributed by atoms with E-state index in [0.717, 1.165) is 47.6 Å². The third kappa shape index (κ3) is 5.80. The molecular weight excluding hydrogens is 410 g/mol. The van der Waals surface area contributed by atoms with E-state index in [1.165, 1.54) is 5.69 Å². The Kier molecular flexibility index (Phi) is 6.84. The number of aryl methyl sites for hydroxylation is 1. The van der Waals surface area contributed by atoms with Crippen molar-refractivity contribution in [1.82, 2.24) is 0 Å². The van der Waals surface area contributed by atoms with Crippen molar-refractivity contribution in [1.29, 1.82) is 0 Å². The Morgan fingerprint density at radius 3 is 2.70 bits per heavy atom. The van der Waals surface area contributed by atoms with Gasteiger partial charge in [0.25, 0.3) is 5.91 Å². The number of morpholine rings is 1. The number of halogens is 1. The largest absolute Gasteiger partial charge is 0.386 e. The van der Waals surface area contributed by atoms with Crippen molar-refractivity contribution >= 4 is 39.4 Å². The molecule has 3 rings (SSSR count). The number of ether oxygens (including phenoxy) is 1. The van der Waals surface area contributed by atoms with Crippen molar-refractivity contribution in [2.24, 2.45) is 5.16 Å². The Hall–Kier alpha value is -2.38. The lowest BCUT2D eigenvalue weighted by Gasteiger charge is -2.28. The summed E-state index contributed by atoms with van der Waals surface area (Å²) in [7, 11) is 0.